The van der Waals surface area contributed by atoms with Gasteiger partial charge in [0.05, 0.1) is 36.6 Å². The Hall–Kier alpha value is -1.21. The van der Waals surface area contributed by atoms with E-state index in [4.69, 9.17) is 28.1 Å². The van der Waals surface area contributed by atoms with Crippen molar-refractivity contribution in [1.82, 2.24) is 0 Å². The summed E-state index contributed by atoms with van der Waals surface area (Å²) in [6.07, 6.45) is 0. The molecule has 0 aromatic heterocycles. The summed E-state index contributed by atoms with van der Waals surface area (Å²) in [6, 6.07) is 3.78. The zero-order valence-electron chi connectivity index (χ0n) is 18.8. The second kappa shape index (κ2) is 6.66. The third kappa shape index (κ3) is 3.34. The maximum absolute atomic E-state index is 6.24. The minimum atomic E-state index is -0.563. The molecule has 0 atom stereocenters. The summed E-state index contributed by atoms with van der Waals surface area (Å²) in [4.78, 5) is 0. The topological polar surface area (TPSA) is 55.4 Å². The van der Waals surface area contributed by atoms with Gasteiger partial charge >= 0.3 is 14.2 Å². The molecule has 0 spiro atoms. The molecule has 0 bridgehead atoms. The van der Waals surface area contributed by atoms with E-state index in [2.05, 4.69) is 0 Å². The molecule has 1 aromatic rings. The quantitative estimate of drug-likeness (QED) is 0.736. The monoisotopic (exact) mass is 390 g/mol. The fourth-order valence-corrected chi connectivity index (χ4v) is 3.26. The maximum Gasteiger partial charge on any atom is 0.498 e. The molecule has 6 nitrogen and oxygen atoms in total. The molecule has 2 heterocycles. The van der Waals surface area contributed by atoms with E-state index in [1.807, 2.05) is 67.5 Å². The van der Waals surface area contributed by atoms with E-state index < -0.39 is 36.6 Å². The molecule has 2 aliphatic heterocycles. The lowest BCUT2D eigenvalue weighted by molar-refractivity contribution is 0.00578. The van der Waals surface area contributed by atoms with E-state index in [1.165, 1.54) is 0 Å². The van der Waals surface area contributed by atoms with Gasteiger partial charge in [-0.2, -0.15) is 0 Å². The first-order valence-corrected chi connectivity index (χ1v) is 9.72. The highest BCUT2D eigenvalue weighted by Crippen LogP contribution is 2.39. The number of methoxy groups -OCH3 is 2. The number of ether oxygens (including phenoxy) is 2. The summed E-state index contributed by atoms with van der Waals surface area (Å²) in [5.74, 6) is 1.27. The van der Waals surface area contributed by atoms with Gasteiger partial charge in [-0.05, 0) is 55.4 Å². The molecule has 1 aromatic carbocycles. The average Bonchev–Trinajstić information content (AvgIpc) is 2.93. The predicted molar refractivity (Wildman–Crippen MR) is 111 cm³/mol. The SMILES string of the molecule is COc1cc(OC)c(B2OC(C)(C)C(C)(C)O2)cc1B1OC(C)(C)C(C)(C)O1. The number of benzene rings is 1. The van der Waals surface area contributed by atoms with Gasteiger partial charge in [0.2, 0.25) is 0 Å². The fourth-order valence-electron chi connectivity index (χ4n) is 3.26. The summed E-state index contributed by atoms with van der Waals surface area (Å²) in [6.45, 7) is 16.2. The molecule has 2 aliphatic rings. The molecule has 0 aliphatic carbocycles. The van der Waals surface area contributed by atoms with Crippen LogP contribution in [0.5, 0.6) is 11.5 Å². The zero-order valence-corrected chi connectivity index (χ0v) is 18.8. The van der Waals surface area contributed by atoms with Gasteiger partial charge in [0, 0.05) is 17.0 Å². The molecule has 0 N–H and O–H groups in total. The smallest absolute Gasteiger partial charge is 0.497 e. The minimum Gasteiger partial charge on any atom is -0.497 e. The largest absolute Gasteiger partial charge is 0.498 e. The standard InChI is InChI=1S/C20H32B2O6/c1-17(2)18(3,4)26-21(25-17)13-11-14(16(24-10)12-15(13)23-9)22-27-19(5,6)20(7,8)28-22/h11-12H,1-10H3. The first-order chi connectivity index (χ1) is 12.7. The molecular formula is C20H32B2O6. The zero-order chi connectivity index (χ0) is 21.1. The summed E-state index contributed by atoms with van der Waals surface area (Å²) in [5.41, 5.74) is -0.237. The van der Waals surface area contributed by atoms with E-state index >= 15 is 0 Å². The molecule has 0 unspecified atom stereocenters. The van der Waals surface area contributed by atoms with Gasteiger partial charge in [0.1, 0.15) is 11.5 Å². The van der Waals surface area contributed by atoms with Crippen LogP contribution in [0.2, 0.25) is 0 Å². The van der Waals surface area contributed by atoms with Crippen LogP contribution in [-0.2, 0) is 18.6 Å². The Kier molecular flexibility index (Phi) is 5.11. The van der Waals surface area contributed by atoms with Crippen LogP contribution >= 0.6 is 0 Å². The molecular weight excluding hydrogens is 358 g/mol. The van der Waals surface area contributed by atoms with E-state index in [9.17, 15) is 0 Å². The Balaban J connectivity index is 2.05. The molecule has 28 heavy (non-hydrogen) atoms. The van der Waals surface area contributed by atoms with Crippen molar-refractivity contribution in [2.45, 2.75) is 77.8 Å². The molecule has 2 fully saturated rings. The van der Waals surface area contributed by atoms with Crippen LogP contribution in [0, 0.1) is 0 Å². The van der Waals surface area contributed by atoms with Crippen molar-refractivity contribution >= 4 is 25.2 Å². The molecule has 0 amide bonds. The van der Waals surface area contributed by atoms with E-state index in [0.717, 1.165) is 10.9 Å². The van der Waals surface area contributed by atoms with Gasteiger partial charge < -0.3 is 28.1 Å². The predicted octanol–water partition coefficient (Wildman–Crippen LogP) is 2.30. The lowest BCUT2D eigenvalue weighted by Crippen LogP contribution is -2.42. The van der Waals surface area contributed by atoms with Crippen molar-refractivity contribution in [2.75, 3.05) is 14.2 Å². The third-order valence-corrected chi connectivity index (χ3v) is 6.60. The van der Waals surface area contributed by atoms with Gasteiger partial charge in [-0.1, -0.05) is 6.07 Å². The molecule has 154 valence electrons. The lowest BCUT2D eigenvalue weighted by Gasteiger charge is -2.32. The van der Waals surface area contributed by atoms with Crippen LogP contribution in [-0.4, -0.2) is 50.9 Å². The third-order valence-electron chi connectivity index (χ3n) is 6.60. The van der Waals surface area contributed by atoms with Crippen LogP contribution < -0.4 is 20.4 Å². The van der Waals surface area contributed by atoms with Crippen LogP contribution in [0.15, 0.2) is 12.1 Å². The molecule has 3 rings (SSSR count). The minimum absolute atomic E-state index is 0.451. The first-order valence-electron chi connectivity index (χ1n) is 9.72. The lowest BCUT2D eigenvalue weighted by atomic mass is 9.70. The number of hydrogen-bond donors (Lipinski definition) is 0. The second-order valence-corrected chi connectivity index (χ2v) is 9.51. The molecule has 0 radical (unpaired) electrons. The summed E-state index contributed by atoms with van der Waals surface area (Å²) >= 11 is 0. The van der Waals surface area contributed by atoms with Crippen LogP contribution in [0.4, 0.5) is 0 Å². The van der Waals surface area contributed by atoms with E-state index in [1.54, 1.807) is 14.2 Å². The summed E-state index contributed by atoms with van der Waals surface area (Å²) in [7, 11) is 2.12. The Bertz CT molecular complexity index is 668. The van der Waals surface area contributed by atoms with Crippen molar-refractivity contribution in [3.63, 3.8) is 0 Å². The highest BCUT2D eigenvalue weighted by atomic mass is 16.7. The Morgan fingerprint density at radius 3 is 1.11 bits per heavy atom. The first kappa shape index (κ1) is 21.5. The van der Waals surface area contributed by atoms with Gasteiger partial charge in [-0.15, -0.1) is 0 Å². The van der Waals surface area contributed by atoms with Crippen molar-refractivity contribution in [3.05, 3.63) is 12.1 Å². The highest BCUT2D eigenvalue weighted by Gasteiger charge is 2.55. The van der Waals surface area contributed by atoms with Crippen LogP contribution in [0.1, 0.15) is 55.4 Å². The molecule has 2 saturated heterocycles. The van der Waals surface area contributed by atoms with Gasteiger partial charge in [0.15, 0.2) is 0 Å². The average molecular weight is 390 g/mol. The Labute approximate surface area is 169 Å². The van der Waals surface area contributed by atoms with Crippen LogP contribution in [0.25, 0.3) is 0 Å². The van der Waals surface area contributed by atoms with E-state index in [-0.39, 0.29) is 0 Å². The van der Waals surface area contributed by atoms with Crippen molar-refractivity contribution in [1.29, 1.82) is 0 Å². The van der Waals surface area contributed by atoms with Crippen LogP contribution in [0.3, 0.4) is 0 Å². The van der Waals surface area contributed by atoms with Crippen molar-refractivity contribution < 1.29 is 28.1 Å². The summed E-state index contributed by atoms with van der Waals surface area (Å²) < 4.78 is 36.2. The maximum atomic E-state index is 6.24. The number of rotatable bonds is 4. The molecule has 8 heteroatoms. The normalized spacial score (nSPS) is 24.5. The highest BCUT2D eigenvalue weighted by molar-refractivity contribution is 6.67. The fraction of sp³-hybridized carbons (Fsp3) is 0.700. The second-order valence-electron chi connectivity index (χ2n) is 9.51. The molecule has 0 saturated carbocycles. The summed E-state index contributed by atoms with van der Waals surface area (Å²) in [5, 5.41) is 0. The van der Waals surface area contributed by atoms with Gasteiger partial charge in [0.25, 0.3) is 0 Å². The Morgan fingerprint density at radius 2 is 0.857 bits per heavy atom. The number of hydrogen-bond acceptors (Lipinski definition) is 6. The Morgan fingerprint density at radius 1 is 0.571 bits per heavy atom. The van der Waals surface area contributed by atoms with E-state index in [0.29, 0.717) is 11.5 Å². The van der Waals surface area contributed by atoms with Crippen molar-refractivity contribution in [3.8, 4) is 11.5 Å². The van der Waals surface area contributed by atoms with Crippen molar-refractivity contribution in [2.24, 2.45) is 0 Å². The van der Waals surface area contributed by atoms with Gasteiger partial charge in [-0.3, -0.25) is 0 Å². The van der Waals surface area contributed by atoms with Gasteiger partial charge in [-0.25, -0.2) is 0 Å².